The fraction of sp³-hybridized carbons (Fsp3) is 0. The summed E-state index contributed by atoms with van der Waals surface area (Å²) in [4.78, 5) is 2.24. The lowest BCUT2D eigenvalue weighted by molar-refractivity contribution is 1.28. The molecule has 0 unspecified atom stereocenters. The van der Waals surface area contributed by atoms with E-state index in [0.717, 1.165) is 37.7 Å². The molecule has 0 atom stereocenters. The van der Waals surface area contributed by atoms with E-state index in [9.17, 15) is 0 Å². The van der Waals surface area contributed by atoms with Crippen LogP contribution in [0, 0.1) is 0 Å². The lowest BCUT2D eigenvalue weighted by Crippen LogP contribution is -2.09. The number of benzene rings is 4. The van der Waals surface area contributed by atoms with E-state index in [-0.39, 0.29) is 0 Å². The van der Waals surface area contributed by atoms with Crippen molar-refractivity contribution in [3.05, 3.63) is 113 Å². The van der Waals surface area contributed by atoms with Crippen LogP contribution in [0.3, 0.4) is 0 Å². The third-order valence-corrected chi connectivity index (χ3v) is 5.14. The van der Waals surface area contributed by atoms with Crippen molar-refractivity contribution in [3.63, 3.8) is 0 Å². The Labute approximate surface area is 173 Å². The molecule has 0 fully saturated rings. The molecule has 0 radical (unpaired) electrons. The standard InChI is InChI=1S/C24H17BrClN/c25-19-15-18(23-13-7-8-14-24(23)26)16-22(17-19)27(20-9-3-1-4-10-20)21-11-5-2-6-12-21/h1-17H. The largest absolute Gasteiger partial charge is 0.310 e. The predicted molar refractivity (Wildman–Crippen MR) is 119 cm³/mol. The Kier molecular flexibility index (Phi) is 5.28. The first-order chi connectivity index (χ1) is 13.2. The zero-order valence-electron chi connectivity index (χ0n) is 14.5. The predicted octanol–water partition coefficient (Wildman–Crippen LogP) is 8.24. The number of anilines is 3. The molecule has 0 N–H and O–H groups in total. The average Bonchev–Trinajstić information content (AvgIpc) is 2.70. The van der Waals surface area contributed by atoms with Gasteiger partial charge in [0, 0.05) is 32.1 Å². The second-order valence-corrected chi connectivity index (χ2v) is 7.51. The minimum atomic E-state index is 0.743. The average molecular weight is 435 g/mol. The molecule has 1 nitrogen and oxygen atoms in total. The van der Waals surface area contributed by atoms with Gasteiger partial charge >= 0.3 is 0 Å². The zero-order valence-corrected chi connectivity index (χ0v) is 16.9. The Hall–Kier alpha value is -2.55. The summed E-state index contributed by atoms with van der Waals surface area (Å²) in [6.45, 7) is 0. The van der Waals surface area contributed by atoms with Crippen LogP contribution < -0.4 is 4.90 Å². The van der Waals surface area contributed by atoms with E-state index in [1.54, 1.807) is 0 Å². The monoisotopic (exact) mass is 433 g/mol. The Morgan fingerprint density at radius 1 is 0.593 bits per heavy atom. The van der Waals surface area contributed by atoms with Gasteiger partial charge in [-0.2, -0.15) is 0 Å². The number of para-hydroxylation sites is 2. The topological polar surface area (TPSA) is 3.24 Å². The van der Waals surface area contributed by atoms with Crippen LogP contribution in [0.5, 0.6) is 0 Å². The molecule has 4 rings (SSSR count). The minimum absolute atomic E-state index is 0.743. The smallest absolute Gasteiger partial charge is 0.0484 e. The molecule has 0 aliphatic carbocycles. The van der Waals surface area contributed by atoms with E-state index in [1.807, 2.05) is 36.4 Å². The van der Waals surface area contributed by atoms with E-state index in [2.05, 4.69) is 87.6 Å². The van der Waals surface area contributed by atoms with Crippen LogP contribution in [0.2, 0.25) is 5.02 Å². The Morgan fingerprint density at radius 3 is 1.74 bits per heavy atom. The van der Waals surface area contributed by atoms with Crippen molar-refractivity contribution in [2.75, 3.05) is 4.90 Å². The maximum atomic E-state index is 6.45. The van der Waals surface area contributed by atoms with Gasteiger partial charge in [-0.15, -0.1) is 0 Å². The molecule has 132 valence electrons. The van der Waals surface area contributed by atoms with Gasteiger partial charge in [0.2, 0.25) is 0 Å². The van der Waals surface area contributed by atoms with Crippen molar-refractivity contribution in [2.24, 2.45) is 0 Å². The maximum absolute atomic E-state index is 6.45. The van der Waals surface area contributed by atoms with Crippen molar-refractivity contribution in [1.82, 2.24) is 0 Å². The molecule has 0 spiro atoms. The summed E-state index contributed by atoms with van der Waals surface area (Å²) in [5.74, 6) is 0. The number of hydrogen-bond acceptors (Lipinski definition) is 1. The van der Waals surface area contributed by atoms with E-state index >= 15 is 0 Å². The van der Waals surface area contributed by atoms with Crippen LogP contribution in [0.4, 0.5) is 17.1 Å². The third-order valence-electron chi connectivity index (χ3n) is 4.35. The van der Waals surface area contributed by atoms with Crippen LogP contribution >= 0.6 is 27.5 Å². The Balaban J connectivity index is 1.90. The first-order valence-electron chi connectivity index (χ1n) is 8.68. The van der Waals surface area contributed by atoms with Crippen molar-refractivity contribution in [2.45, 2.75) is 0 Å². The lowest BCUT2D eigenvalue weighted by atomic mass is 10.0. The molecular weight excluding hydrogens is 418 g/mol. The summed E-state index contributed by atoms with van der Waals surface area (Å²) >= 11 is 10.1. The van der Waals surface area contributed by atoms with E-state index in [4.69, 9.17) is 11.6 Å². The minimum Gasteiger partial charge on any atom is -0.310 e. The SMILES string of the molecule is Clc1ccccc1-c1cc(Br)cc(N(c2ccccc2)c2ccccc2)c1. The van der Waals surface area contributed by atoms with Gasteiger partial charge in [0.25, 0.3) is 0 Å². The maximum Gasteiger partial charge on any atom is 0.0484 e. The van der Waals surface area contributed by atoms with Crippen molar-refractivity contribution >= 4 is 44.6 Å². The van der Waals surface area contributed by atoms with E-state index in [0.29, 0.717) is 0 Å². The van der Waals surface area contributed by atoms with Crippen LogP contribution in [0.15, 0.2) is 108 Å². The third kappa shape index (κ3) is 3.92. The number of halogens is 2. The summed E-state index contributed by atoms with van der Waals surface area (Å²) in [5, 5.41) is 0.743. The Morgan fingerprint density at radius 2 is 1.15 bits per heavy atom. The van der Waals surface area contributed by atoms with Gasteiger partial charge < -0.3 is 4.90 Å². The molecule has 0 aliphatic rings. The highest BCUT2D eigenvalue weighted by molar-refractivity contribution is 9.10. The summed E-state index contributed by atoms with van der Waals surface area (Å²) in [6, 6.07) is 35.0. The lowest BCUT2D eigenvalue weighted by Gasteiger charge is -2.26. The molecule has 4 aromatic rings. The molecule has 4 aromatic carbocycles. The molecule has 0 aliphatic heterocycles. The zero-order chi connectivity index (χ0) is 18.6. The van der Waals surface area contributed by atoms with Gasteiger partial charge in [0.15, 0.2) is 0 Å². The van der Waals surface area contributed by atoms with Gasteiger partial charge in [-0.05, 0) is 54.1 Å². The van der Waals surface area contributed by atoms with Crippen LogP contribution in [-0.2, 0) is 0 Å². The summed E-state index contributed by atoms with van der Waals surface area (Å²) < 4.78 is 1.01. The first kappa shape index (κ1) is 17.8. The fourth-order valence-electron chi connectivity index (χ4n) is 3.16. The molecular formula is C24H17BrClN. The quantitative estimate of drug-likeness (QED) is 0.312. The van der Waals surface area contributed by atoms with Crippen molar-refractivity contribution in [1.29, 1.82) is 0 Å². The first-order valence-corrected chi connectivity index (χ1v) is 9.85. The fourth-order valence-corrected chi connectivity index (χ4v) is 3.88. The molecule has 0 heterocycles. The van der Waals surface area contributed by atoms with Crippen LogP contribution in [0.1, 0.15) is 0 Å². The second kappa shape index (κ2) is 7.99. The highest BCUT2D eigenvalue weighted by Crippen LogP contribution is 2.39. The second-order valence-electron chi connectivity index (χ2n) is 6.18. The summed E-state index contributed by atoms with van der Waals surface area (Å²) in [7, 11) is 0. The van der Waals surface area contributed by atoms with Crippen LogP contribution in [0.25, 0.3) is 11.1 Å². The van der Waals surface area contributed by atoms with Crippen molar-refractivity contribution in [3.8, 4) is 11.1 Å². The van der Waals surface area contributed by atoms with Gasteiger partial charge in [0.05, 0.1) is 0 Å². The normalized spacial score (nSPS) is 10.6. The van der Waals surface area contributed by atoms with Gasteiger partial charge in [-0.3, -0.25) is 0 Å². The molecule has 0 aromatic heterocycles. The molecule has 0 saturated carbocycles. The van der Waals surface area contributed by atoms with Gasteiger partial charge in [0.1, 0.15) is 0 Å². The number of nitrogens with zero attached hydrogens (tertiary/aromatic N) is 1. The molecule has 3 heteroatoms. The highest BCUT2D eigenvalue weighted by atomic mass is 79.9. The van der Waals surface area contributed by atoms with Crippen molar-refractivity contribution < 1.29 is 0 Å². The van der Waals surface area contributed by atoms with E-state index < -0.39 is 0 Å². The van der Waals surface area contributed by atoms with Gasteiger partial charge in [-0.1, -0.05) is 82.1 Å². The molecule has 0 saturated heterocycles. The summed E-state index contributed by atoms with van der Waals surface area (Å²) in [5.41, 5.74) is 5.36. The molecule has 27 heavy (non-hydrogen) atoms. The Bertz CT molecular complexity index is 1010. The number of hydrogen-bond donors (Lipinski definition) is 0. The van der Waals surface area contributed by atoms with Crippen LogP contribution in [-0.4, -0.2) is 0 Å². The summed E-state index contributed by atoms with van der Waals surface area (Å²) in [6.07, 6.45) is 0. The molecule has 0 amide bonds. The van der Waals surface area contributed by atoms with Gasteiger partial charge in [-0.25, -0.2) is 0 Å². The highest BCUT2D eigenvalue weighted by Gasteiger charge is 2.14. The molecule has 0 bridgehead atoms. The van der Waals surface area contributed by atoms with E-state index in [1.165, 1.54) is 0 Å². The number of rotatable bonds is 4.